The van der Waals surface area contributed by atoms with E-state index in [1.165, 1.54) is 89.9 Å². The van der Waals surface area contributed by atoms with Crippen LogP contribution < -0.4 is 0 Å². The number of aryl methyl sites for hydroxylation is 1. The van der Waals surface area contributed by atoms with Gasteiger partial charge in [-0.3, -0.25) is 0 Å². The maximum Gasteiger partial charge on any atom is -0.00463 e. The van der Waals surface area contributed by atoms with Crippen molar-refractivity contribution in [1.82, 2.24) is 0 Å². The van der Waals surface area contributed by atoms with Crippen molar-refractivity contribution < 1.29 is 0 Å². The fraction of sp³-hybridized carbons (Fsp3) is 0.786. The highest BCUT2D eigenvalue weighted by Gasteiger charge is 2.52. The monoisotopic (exact) mass is 380 g/mol. The molecular weight excluding hydrogens is 336 g/mol. The first-order chi connectivity index (χ1) is 13.7. The molecular formula is C28H44. The van der Waals surface area contributed by atoms with Crippen LogP contribution in [0.25, 0.3) is 0 Å². The maximum atomic E-state index is 2.51. The molecule has 1 aromatic rings. The molecule has 0 radical (unpaired) electrons. The van der Waals surface area contributed by atoms with Crippen LogP contribution >= 0.6 is 0 Å². The van der Waals surface area contributed by atoms with E-state index in [1.54, 1.807) is 24.0 Å². The normalized spacial score (nSPS) is 35.2. The van der Waals surface area contributed by atoms with Crippen LogP contribution in [0.4, 0.5) is 0 Å². The molecule has 4 fully saturated rings. The third kappa shape index (κ3) is 4.08. The number of rotatable bonds is 8. The zero-order valence-corrected chi connectivity index (χ0v) is 18.8. The van der Waals surface area contributed by atoms with Crippen LogP contribution in [0.3, 0.4) is 0 Å². The van der Waals surface area contributed by atoms with Gasteiger partial charge >= 0.3 is 0 Å². The molecule has 28 heavy (non-hydrogen) atoms. The summed E-state index contributed by atoms with van der Waals surface area (Å²) in [4.78, 5) is 0. The SMILES string of the molecule is CCCCCc1ccc(C23CCC([C@H]4CC[C@H](CCC)CC4)(CC2)CC3)cc1. The second kappa shape index (κ2) is 8.93. The van der Waals surface area contributed by atoms with E-state index < -0.39 is 0 Å². The number of hydrogen-bond donors (Lipinski definition) is 0. The quantitative estimate of drug-likeness (QED) is 0.396. The highest BCUT2D eigenvalue weighted by atomic mass is 14.6. The Bertz CT molecular complexity index is 577. The van der Waals surface area contributed by atoms with E-state index in [4.69, 9.17) is 0 Å². The van der Waals surface area contributed by atoms with Gasteiger partial charge in [0.25, 0.3) is 0 Å². The summed E-state index contributed by atoms with van der Waals surface area (Å²) in [6.07, 6.45) is 23.3. The van der Waals surface area contributed by atoms with Gasteiger partial charge in [0, 0.05) is 0 Å². The predicted molar refractivity (Wildman–Crippen MR) is 122 cm³/mol. The van der Waals surface area contributed by atoms with Crippen LogP contribution in [-0.2, 0) is 11.8 Å². The van der Waals surface area contributed by atoms with E-state index in [1.807, 2.05) is 0 Å². The summed E-state index contributed by atoms with van der Waals surface area (Å²) in [7, 11) is 0. The lowest BCUT2D eigenvalue weighted by atomic mass is 9.47. The first-order valence-electron chi connectivity index (χ1n) is 12.8. The first-order valence-corrected chi connectivity index (χ1v) is 12.8. The van der Waals surface area contributed by atoms with E-state index in [0.29, 0.717) is 5.41 Å². The Morgan fingerprint density at radius 1 is 0.750 bits per heavy atom. The average Bonchev–Trinajstić information content (AvgIpc) is 2.76. The van der Waals surface area contributed by atoms with E-state index in [9.17, 15) is 0 Å². The molecule has 0 heteroatoms. The molecule has 4 aliphatic carbocycles. The molecule has 5 rings (SSSR count). The zero-order chi connectivity index (χ0) is 19.5. The van der Waals surface area contributed by atoms with Gasteiger partial charge in [0.05, 0.1) is 0 Å². The highest BCUT2D eigenvalue weighted by Crippen LogP contribution is 2.62. The minimum atomic E-state index is 0.531. The summed E-state index contributed by atoms with van der Waals surface area (Å²) in [6.45, 7) is 4.66. The van der Waals surface area contributed by atoms with Gasteiger partial charge in [0.2, 0.25) is 0 Å². The molecule has 0 N–H and O–H groups in total. The Balaban J connectivity index is 1.35. The topological polar surface area (TPSA) is 0 Å². The summed E-state index contributed by atoms with van der Waals surface area (Å²) in [5, 5.41) is 0. The molecule has 0 aromatic heterocycles. The summed E-state index contributed by atoms with van der Waals surface area (Å²) in [5.41, 5.74) is 4.49. The number of fused-ring (bicyclic) bond motifs is 3. The van der Waals surface area contributed by atoms with Crippen molar-refractivity contribution >= 4 is 0 Å². The van der Waals surface area contributed by atoms with E-state index in [0.717, 1.165) is 17.3 Å². The van der Waals surface area contributed by atoms with Crippen LogP contribution in [0.1, 0.15) is 121 Å². The van der Waals surface area contributed by atoms with Gasteiger partial charge in [0.1, 0.15) is 0 Å². The van der Waals surface area contributed by atoms with Crippen LogP contribution in [-0.4, -0.2) is 0 Å². The van der Waals surface area contributed by atoms with Crippen molar-refractivity contribution in [1.29, 1.82) is 0 Å². The minimum absolute atomic E-state index is 0.531. The summed E-state index contributed by atoms with van der Waals surface area (Å²) >= 11 is 0. The molecule has 0 amide bonds. The zero-order valence-electron chi connectivity index (χ0n) is 18.8. The third-order valence-corrected chi connectivity index (χ3v) is 9.35. The van der Waals surface area contributed by atoms with E-state index >= 15 is 0 Å². The largest absolute Gasteiger partial charge is 0.0654 e. The van der Waals surface area contributed by atoms with Crippen LogP contribution in [0, 0.1) is 17.3 Å². The van der Waals surface area contributed by atoms with Gasteiger partial charge in [0.15, 0.2) is 0 Å². The average molecular weight is 381 g/mol. The van der Waals surface area contributed by atoms with Crippen molar-refractivity contribution in [2.24, 2.45) is 17.3 Å². The Labute approximate surface area is 174 Å². The number of unbranched alkanes of at least 4 members (excludes halogenated alkanes) is 2. The van der Waals surface area contributed by atoms with Gasteiger partial charge < -0.3 is 0 Å². The summed E-state index contributed by atoms with van der Waals surface area (Å²) < 4.78 is 0. The van der Waals surface area contributed by atoms with Crippen molar-refractivity contribution in [2.45, 2.75) is 122 Å². The predicted octanol–water partition coefficient (Wildman–Crippen LogP) is 8.62. The Kier molecular flexibility index (Phi) is 6.53. The first kappa shape index (κ1) is 20.5. The van der Waals surface area contributed by atoms with Crippen LogP contribution in [0.2, 0.25) is 0 Å². The van der Waals surface area contributed by atoms with Gasteiger partial charge in [-0.1, -0.05) is 76.6 Å². The maximum absolute atomic E-state index is 2.51. The summed E-state index contributed by atoms with van der Waals surface area (Å²) in [5.74, 6) is 2.11. The molecule has 0 saturated heterocycles. The fourth-order valence-corrected chi connectivity index (χ4v) is 7.34. The molecule has 0 spiro atoms. The van der Waals surface area contributed by atoms with Crippen molar-refractivity contribution in [3.8, 4) is 0 Å². The summed E-state index contributed by atoms with van der Waals surface area (Å²) in [6, 6.07) is 9.92. The molecule has 4 saturated carbocycles. The van der Waals surface area contributed by atoms with Crippen LogP contribution in [0.15, 0.2) is 24.3 Å². The molecule has 0 aliphatic heterocycles. The highest BCUT2D eigenvalue weighted by molar-refractivity contribution is 5.31. The fourth-order valence-electron chi connectivity index (χ4n) is 7.34. The van der Waals surface area contributed by atoms with Crippen LogP contribution in [0.5, 0.6) is 0 Å². The van der Waals surface area contributed by atoms with Crippen molar-refractivity contribution in [3.63, 3.8) is 0 Å². The lowest BCUT2D eigenvalue weighted by Gasteiger charge is -2.58. The number of hydrogen-bond acceptors (Lipinski definition) is 0. The molecule has 4 aliphatic rings. The van der Waals surface area contributed by atoms with Gasteiger partial charge in [-0.05, 0) is 98.0 Å². The Morgan fingerprint density at radius 2 is 1.39 bits per heavy atom. The second-order valence-corrected chi connectivity index (χ2v) is 10.8. The molecule has 0 atom stereocenters. The Hall–Kier alpha value is -0.780. The molecule has 2 bridgehead atoms. The van der Waals surface area contributed by atoms with E-state index in [2.05, 4.69) is 38.1 Å². The molecule has 0 unspecified atom stereocenters. The molecule has 156 valence electrons. The smallest absolute Gasteiger partial charge is 0.00463 e. The standard InChI is InChI=1S/C28H44/c1-3-5-6-8-24-11-15-26(16-12-24)28-20-17-27(18-21-28,19-22-28)25-13-9-23(7-4-2)10-14-25/h11-12,15-16,23,25H,3-10,13-14,17-22H2,1-2H3/t23-,25-,27?,28?. The second-order valence-electron chi connectivity index (χ2n) is 10.8. The molecule has 1 aromatic carbocycles. The lowest BCUT2D eigenvalue weighted by Crippen LogP contribution is -2.48. The lowest BCUT2D eigenvalue weighted by molar-refractivity contribution is -0.0294. The van der Waals surface area contributed by atoms with Gasteiger partial charge in [-0.15, -0.1) is 0 Å². The van der Waals surface area contributed by atoms with Gasteiger partial charge in [-0.2, -0.15) is 0 Å². The third-order valence-electron chi connectivity index (χ3n) is 9.35. The van der Waals surface area contributed by atoms with Crippen molar-refractivity contribution in [2.75, 3.05) is 0 Å². The van der Waals surface area contributed by atoms with Crippen molar-refractivity contribution in [3.05, 3.63) is 35.4 Å². The molecule has 0 heterocycles. The Morgan fingerprint density at radius 3 is 1.96 bits per heavy atom. The minimum Gasteiger partial charge on any atom is -0.0654 e. The molecule has 0 nitrogen and oxygen atoms in total. The van der Waals surface area contributed by atoms with Gasteiger partial charge in [-0.25, -0.2) is 0 Å². The number of benzene rings is 1. The van der Waals surface area contributed by atoms with E-state index in [-0.39, 0.29) is 0 Å².